The summed E-state index contributed by atoms with van der Waals surface area (Å²) < 4.78 is 0. The molecule has 78 valence electrons. The van der Waals surface area contributed by atoms with E-state index in [1.165, 1.54) is 5.56 Å². The molecule has 1 aromatic heterocycles. The van der Waals surface area contributed by atoms with Crippen LogP contribution < -0.4 is 0 Å². The van der Waals surface area contributed by atoms with Crippen molar-refractivity contribution in [3.63, 3.8) is 0 Å². The van der Waals surface area contributed by atoms with Gasteiger partial charge in [-0.05, 0) is 29.9 Å². The Bertz CT molecular complexity index is 243. The predicted octanol–water partition coefficient (Wildman–Crippen LogP) is 0.711. The highest BCUT2D eigenvalue weighted by atomic mass is 32.2. The molecule has 0 bridgehead atoms. The molecular weight excluding hydrogens is 198 g/mol. The molecule has 1 unspecified atom stereocenters. The highest BCUT2D eigenvalue weighted by Crippen LogP contribution is 2.07. The Morgan fingerprint density at radius 2 is 2.07 bits per heavy atom. The fourth-order valence-electron chi connectivity index (χ4n) is 1.01. The van der Waals surface area contributed by atoms with Gasteiger partial charge in [-0.3, -0.25) is 4.98 Å². The fourth-order valence-corrected chi connectivity index (χ4v) is 1.94. The van der Waals surface area contributed by atoms with Gasteiger partial charge >= 0.3 is 0 Å². The van der Waals surface area contributed by atoms with Gasteiger partial charge in [-0.1, -0.05) is 0 Å². The zero-order chi connectivity index (χ0) is 10.2. The summed E-state index contributed by atoms with van der Waals surface area (Å²) in [4.78, 5) is 3.94. The monoisotopic (exact) mass is 213 g/mol. The Morgan fingerprint density at radius 1 is 1.36 bits per heavy atom. The van der Waals surface area contributed by atoms with Crippen molar-refractivity contribution in [1.29, 1.82) is 0 Å². The van der Waals surface area contributed by atoms with Crippen LogP contribution in [0.3, 0.4) is 0 Å². The van der Waals surface area contributed by atoms with Crippen molar-refractivity contribution >= 4 is 11.8 Å². The summed E-state index contributed by atoms with van der Waals surface area (Å²) in [6, 6.07) is 3.98. The average Bonchev–Trinajstić information content (AvgIpc) is 2.25. The minimum atomic E-state index is -0.586. The minimum Gasteiger partial charge on any atom is -0.394 e. The Balaban J connectivity index is 2.10. The molecule has 0 amide bonds. The smallest absolute Gasteiger partial charge is 0.0861 e. The molecule has 0 fully saturated rings. The van der Waals surface area contributed by atoms with Gasteiger partial charge in [0.05, 0.1) is 12.7 Å². The highest BCUT2D eigenvalue weighted by molar-refractivity contribution is 7.99. The molecule has 0 radical (unpaired) electrons. The van der Waals surface area contributed by atoms with E-state index in [1.807, 2.05) is 12.1 Å². The summed E-state index contributed by atoms with van der Waals surface area (Å²) in [5, 5.41) is 17.7. The lowest BCUT2D eigenvalue weighted by Crippen LogP contribution is -2.15. The van der Waals surface area contributed by atoms with Crippen LogP contribution in [-0.2, 0) is 6.42 Å². The number of pyridine rings is 1. The second-order valence-corrected chi connectivity index (χ2v) is 4.17. The Morgan fingerprint density at radius 3 is 2.71 bits per heavy atom. The van der Waals surface area contributed by atoms with Crippen molar-refractivity contribution in [2.75, 3.05) is 18.1 Å². The molecule has 4 heteroatoms. The molecule has 0 aromatic carbocycles. The van der Waals surface area contributed by atoms with Gasteiger partial charge in [0.15, 0.2) is 0 Å². The quantitative estimate of drug-likeness (QED) is 0.683. The Kier molecular flexibility index (Phi) is 5.59. The molecule has 14 heavy (non-hydrogen) atoms. The van der Waals surface area contributed by atoms with Crippen LogP contribution in [0.15, 0.2) is 24.5 Å². The van der Waals surface area contributed by atoms with Crippen molar-refractivity contribution in [3.05, 3.63) is 30.1 Å². The normalized spacial score (nSPS) is 12.7. The molecule has 0 saturated heterocycles. The summed E-state index contributed by atoms with van der Waals surface area (Å²) in [6.07, 6.45) is 3.95. The third-order valence-electron chi connectivity index (χ3n) is 1.81. The number of aliphatic hydroxyl groups excluding tert-OH is 2. The summed E-state index contributed by atoms with van der Waals surface area (Å²) in [7, 11) is 0. The lowest BCUT2D eigenvalue weighted by molar-refractivity contribution is 0.113. The number of aromatic nitrogens is 1. The lowest BCUT2D eigenvalue weighted by Gasteiger charge is -2.05. The lowest BCUT2D eigenvalue weighted by atomic mass is 10.2. The van der Waals surface area contributed by atoms with Gasteiger partial charge in [0.25, 0.3) is 0 Å². The van der Waals surface area contributed by atoms with Crippen molar-refractivity contribution in [1.82, 2.24) is 4.98 Å². The number of hydrogen-bond acceptors (Lipinski definition) is 4. The van der Waals surface area contributed by atoms with Gasteiger partial charge in [0.2, 0.25) is 0 Å². The van der Waals surface area contributed by atoms with Gasteiger partial charge in [-0.25, -0.2) is 0 Å². The summed E-state index contributed by atoms with van der Waals surface area (Å²) in [6.45, 7) is -0.151. The fraction of sp³-hybridized carbons (Fsp3) is 0.500. The maximum Gasteiger partial charge on any atom is 0.0861 e. The second kappa shape index (κ2) is 6.81. The third-order valence-corrected chi connectivity index (χ3v) is 2.92. The maximum absolute atomic E-state index is 9.07. The topological polar surface area (TPSA) is 53.4 Å². The van der Waals surface area contributed by atoms with Gasteiger partial charge in [-0.15, -0.1) is 0 Å². The average molecular weight is 213 g/mol. The van der Waals surface area contributed by atoms with Crippen molar-refractivity contribution < 1.29 is 10.2 Å². The molecular formula is C10H15NO2S. The van der Waals surface area contributed by atoms with Crippen LogP contribution in [0.4, 0.5) is 0 Å². The van der Waals surface area contributed by atoms with Crippen LogP contribution in [0.2, 0.25) is 0 Å². The van der Waals surface area contributed by atoms with Crippen molar-refractivity contribution in [2.45, 2.75) is 12.5 Å². The predicted molar refractivity (Wildman–Crippen MR) is 58.4 cm³/mol. The van der Waals surface area contributed by atoms with E-state index in [0.717, 1.165) is 12.2 Å². The number of thioether (sulfide) groups is 1. The summed E-state index contributed by atoms with van der Waals surface area (Å²) >= 11 is 1.65. The Labute approximate surface area is 88.2 Å². The van der Waals surface area contributed by atoms with Crippen LogP contribution in [0.5, 0.6) is 0 Å². The minimum absolute atomic E-state index is 0.151. The molecule has 0 aliphatic rings. The number of nitrogens with zero attached hydrogens (tertiary/aromatic N) is 1. The van der Waals surface area contributed by atoms with E-state index in [9.17, 15) is 0 Å². The van der Waals surface area contributed by atoms with Crippen molar-refractivity contribution in [3.8, 4) is 0 Å². The summed E-state index contributed by atoms with van der Waals surface area (Å²) in [5.74, 6) is 1.56. The van der Waals surface area contributed by atoms with E-state index in [0.29, 0.717) is 5.75 Å². The molecule has 0 aliphatic heterocycles. The number of hydrogen-bond donors (Lipinski definition) is 2. The van der Waals surface area contributed by atoms with E-state index in [4.69, 9.17) is 10.2 Å². The van der Waals surface area contributed by atoms with Crippen LogP contribution >= 0.6 is 11.8 Å². The molecule has 1 heterocycles. The van der Waals surface area contributed by atoms with E-state index in [2.05, 4.69) is 4.98 Å². The van der Waals surface area contributed by atoms with Crippen LogP contribution in [0.1, 0.15) is 5.56 Å². The zero-order valence-corrected chi connectivity index (χ0v) is 8.78. The zero-order valence-electron chi connectivity index (χ0n) is 7.97. The second-order valence-electron chi connectivity index (χ2n) is 3.02. The Hall–Kier alpha value is -0.580. The molecule has 1 rings (SSSR count). The largest absolute Gasteiger partial charge is 0.394 e. The molecule has 2 N–H and O–H groups in total. The van der Waals surface area contributed by atoms with Crippen LogP contribution in [0.25, 0.3) is 0 Å². The standard InChI is InChI=1S/C10H15NO2S/c12-7-10(13)8-14-6-3-9-1-4-11-5-2-9/h1-2,4-5,10,12-13H,3,6-8H2. The molecule has 0 spiro atoms. The maximum atomic E-state index is 9.07. The molecule has 1 atom stereocenters. The first kappa shape index (κ1) is 11.5. The first-order valence-electron chi connectivity index (χ1n) is 4.58. The summed E-state index contributed by atoms with van der Waals surface area (Å²) in [5.41, 5.74) is 1.26. The van der Waals surface area contributed by atoms with Gasteiger partial charge < -0.3 is 10.2 Å². The molecule has 3 nitrogen and oxygen atoms in total. The van der Waals surface area contributed by atoms with Crippen molar-refractivity contribution in [2.24, 2.45) is 0 Å². The first-order chi connectivity index (χ1) is 6.83. The van der Waals surface area contributed by atoms with E-state index in [-0.39, 0.29) is 6.61 Å². The number of rotatable bonds is 6. The van der Waals surface area contributed by atoms with Gasteiger partial charge in [0, 0.05) is 18.1 Å². The first-order valence-corrected chi connectivity index (χ1v) is 5.74. The number of aliphatic hydroxyl groups is 2. The van der Waals surface area contributed by atoms with Gasteiger partial charge in [0.1, 0.15) is 0 Å². The van der Waals surface area contributed by atoms with E-state index >= 15 is 0 Å². The molecule has 0 saturated carbocycles. The molecule has 0 aliphatic carbocycles. The third kappa shape index (κ3) is 4.60. The van der Waals surface area contributed by atoms with E-state index < -0.39 is 6.10 Å². The van der Waals surface area contributed by atoms with Crippen LogP contribution in [0, 0.1) is 0 Å². The SMILES string of the molecule is OCC(O)CSCCc1ccncc1. The van der Waals surface area contributed by atoms with E-state index in [1.54, 1.807) is 24.2 Å². The van der Waals surface area contributed by atoms with Gasteiger partial charge in [-0.2, -0.15) is 11.8 Å². The highest BCUT2D eigenvalue weighted by Gasteiger charge is 2.01. The molecule has 1 aromatic rings. The van der Waals surface area contributed by atoms with Crippen LogP contribution in [-0.4, -0.2) is 39.4 Å². The number of aryl methyl sites for hydroxylation is 1.